The summed E-state index contributed by atoms with van der Waals surface area (Å²) in [5.41, 5.74) is 8.48. The first-order valence-electron chi connectivity index (χ1n) is 20.9. The maximum atomic E-state index is 5.39. The van der Waals surface area contributed by atoms with Crippen molar-refractivity contribution in [2.24, 2.45) is 0 Å². The van der Waals surface area contributed by atoms with E-state index >= 15 is 0 Å². The van der Waals surface area contributed by atoms with E-state index in [0.29, 0.717) is 17.5 Å². The van der Waals surface area contributed by atoms with Crippen molar-refractivity contribution in [1.82, 2.24) is 19.5 Å². The van der Waals surface area contributed by atoms with Crippen LogP contribution in [-0.4, -0.2) is 19.5 Å². The van der Waals surface area contributed by atoms with E-state index in [-0.39, 0.29) is 0 Å². The highest BCUT2D eigenvalue weighted by Crippen LogP contribution is 2.45. The van der Waals surface area contributed by atoms with Crippen LogP contribution in [0, 0.1) is 0 Å². The summed E-state index contributed by atoms with van der Waals surface area (Å²) in [6, 6.07) is 74.1. The zero-order valence-corrected chi connectivity index (χ0v) is 34.1. The number of hydrogen-bond acceptors (Lipinski definition) is 4. The lowest BCUT2D eigenvalue weighted by atomic mass is 9.93. The molecule has 0 atom stereocenters. The van der Waals surface area contributed by atoms with Crippen molar-refractivity contribution >= 4 is 85.6 Å². The van der Waals surface area contributed by atoms with Crippen molar-refractivity contribution in [2.45, 2.75) is 0 Å². The van der Waals surface area contributed by atoms with Crippen molar-refractivity contribution < 1.29 is 0 Å². The lowest BCUT2D eigenvalue weighted by Gasteiger charge is -2.20. The highest BCUT2D eigenvalue weighted by atomic mass is 32.1. The van der Waals surface area contributed by atoms with Crippen molar-refractivity contribution in [3.8, 4) is 51.0 Å². The molecule has 3 aromatic heterocycles. The average Bonchev–Trinajstić information content (AvgIpc) is 3.86. The molecule has 62 heavy (non-hydrogen) atoms. The van der Waals surface area contributed by atoms with Gasteiger partial charge in [-0.2, -0.15) is 0 Å². The van der Waals surface area contributed by atoms with Crippen molar-refractivity contribution in [3.05, 3.63) is 206 Å². The SMILES string of the molecule is c1ccc(-c2nc(-c3ccc4sc5ccccc5c4c3)nc(-c3cc(-c4ccccc4)c(-n4c5cc6ccccc6cc5c5cc6ccccc6cc54)c4ccccc34)n2)cc1. The van der Waals surface area contributed by atoms with E-state index < -0.39 is 0 Å². The Bertz CT molecular complexity index is 3830. The van der Waals surface area contributed by atoms with Gasteiger partial charge in [0.15, 0.2) is 17.5 Å². The van der Waals surface area contributed by atoms with Gasteiger partial charge < -0.3 is 4.57 Å². The number of nitrogens with zero attached hydrogens (tertiary/aromatic N) is 4. The quantitative estimate of drug-likeness (QED) is 0.174. The minimum absolute atomic E-state index is 0.628. The van der Waals surface area contributed by atoms with Crippen LogP contribution in [0.15, 0.2) is 206 Å². The summed E-state index contributed by atoms with van der Waals surface area (Å²) in [6.07, 6.45) is 0. The second-order valence-electron chi connectivity index (χ2n) is 16.0. The smallest absolute Gasteiger partial charge is 0.164 e. The average molecular weight is 807 g/mol. The van der Waals surface area contributed by atoms with E-state index in [1.54, 1.807) is 0 Å². The molecule has 5 heteroatoms. The largest absolute Gasteiger partial charge is 0.308 e. The van der Waals surface area contributed by atoms with E-state index in [4.69, 9.17) is 15.0 Å². The molecular formula is C57H34N4S. The van der Waals surface area contributed by atoms with Gasteiger partial charge in [-0.25, -0.2) is 15.0 Å². The molecule has 0 saturated heterocycles. The third-order valence-electron chi connectivity index (χ3n) is 12.4. The monoisotopic (exact) mass is 806 g/mol. The molecule has 0 aliphatic heterocycles. The standard InChI is InChI=1S/C57H34N4S/c1-3-15-35(16-4-1)45-34-49(57-59-55(36-17-5-2-6-18-36)58-56(60-57)41-27-28-53-48(31-41)43-24-13-14-26-52(43)62-53)42-23-11-12-25-44(42)54(45)61-50-32-39-21-9-7-19-37(39)29-46(50)47-30-38-20-8-10-22-40(38)33-51(47)61/h1-34H. The number of rotatable bonds is 5. The molecule has 0 spiro atoms. The Morgan fingerprint density at radius 2 is 0.806 bits per heavy atom. The van der Waals surface area contributed by atoms with Gasteiger partial charge in [0, 0.05) is 58.6 Å². The van der Waals surface area contributed by atoms with Crippen LogP contribution < -0.4 is 0 Å². The van der Waals surface area contributed by atoms with Crippen LogP contribution in [0.1, 0.15) is 0 Å². The molecule has 3 heterocycles. The molecule has 0 unspecified atom stereocenters. The second-order valence-corrected chi connectivity index (χ2v) is 17.1. The molecule has 4 nitrogen and oxygen atoms in total. The molecule has 0 N–H and O–H groups in total. The Kier molecular flexibility index (Phi) is 7.74. The van der Waals surface area contributed by atoms with Gasteiger partial charge in [0.25, 0.3) is 0 Å². The second kappa shape index (κ2) is 13.8. The van der Waals surface area contributed by atoms with Crippen molar-refractivity contribution in [1.29, 1.82) is 0 Å². The Morgan fingerprint density at radius 3 is 1.47 bits per heavy atom. The molecule has 0 fully saturated rings. The Morgan fingerprint density at radius 1 is 0.306 bits per heavy atom. The summed E-state index contributed by atoms with van der Waals surface area (Å²) in [6.45, 7) is 0. The molecule has 0 radical (unpaired) electrons. The molecule has 0 aliphatic carbocycles. The molecule has 0 aliphatic rings. The number of aromatic nitrogens is 4. The molecule has 10 aromatic carbocycles. The fourth-order valence-electron chi connectivity index (χ4n) is 9.46. The first kappa shape index (κ1) is 34.8. The Balaban J connectivity index is 1.13. The van der Waals surface area contributed by atoms with E-state index in [0.717, 1.165) is 55.3 Å². The predicted molar refractivity (Wildman–Crippen MR) is 261 cm³/mol. The summed E-state index contributed by atoms with van der Waals surface area (Å²) in [4.78, 5) is 15.9. The van der Waals surface area contributed by atoms with E-state index in [2.05, 4.69) is 193 Å². The minimum atomic E-state index is 0.628. The van der Waals surface area contributed by atoms with Gasteiger partial charge in [-0.1, -0.05) is 152 Å². The number of benzene rings is 10. The number of hydrogen-bond donors (Lipinski definition) is 0. The van der Waals surface area contributed by atoms with Gasteiger partial charge >= 0.3 is 0 Å². The third-order valence-corrected chi connectivity index (χ3v) is 13.5. The van der Waals surface area contributed by atoms with Crippen LogP contribution in [0.25, 0.3) is 125 Å². The van der Waals surface area contributed by atoms with Crippen LogP contribution in [0.2, 0.25) is 0 Å². The summed E-state index contributed by atoms with van der Waals surface area (Å²) < 4.78 is 5.02. The topological polar surface area (TPSA) is 43.6 Å². The fraction of sp³-hybridized carbons (Fsp3) is 0. The van der Waals surface area contributed by atoms with Gasteiger partial charge in [0.05, 0.1) is 16.7 Å². The molecule has 0 amide bonds. The zero-order chi connectivity index (χ0) is 40.7. The minimum Gasteiger partial charge on any atom is -0.308 e. The van der Waals surface area contributed by atoms with Gasteiger partial charge in [0.2, 0.25) is 0 Å². The molecule has 13 aromatic rings. The normalized spacial score (nSPS) is 11.9. The highest BCUT2D eigenvalue weighted by Gasteiger charge is 2.24. The fourth-order valence-corrected chi connectivity index (χ4v) is 10.5. The first-order chi connectivity index (χ1) is 30.7. The molecule has 0 bridgehead atoms. The highest BCUT2D eigenvalue weighted by molar-refractivity contribution is 7.25. The van der Waals surface area contributed by atoms with Gasteiger partial charge in [-0.05, 0) is 87.1 Å². The lowest BCUT2D eigenvalue weighted by molar-refractivity contribution is 1.08. The van der Waals surface area contributed by atoms with Crippen LogP contribution in [0.4, 0.5) is 0 Å². The summed E-state index contributed by atoms with van der Waals surface area (Å²) in [5.74, 6) is 1.90. The van der Waals surface area contributed by atoms with Crippen LogP contribution >= 0.6 is 11.3 Å². The van der Waals surface area contributed by atoms with E-state index in [9.17, 15) is 0 Å². The van der Waals surface area contributed by atoms with Crippen molar-refractivity contribution in [2.75, 3.05) is 0 Å². The third kappa shape index (κ3) is 5.49. The van der Waals surface area contributed by atoms with Gasteiger partial charge in [0.1, 0.15) is 0 Å². The van der Waals surface area contributed by atoms with E-state index in [1.807, 2.05) is 29.5 Å². The maximum Gasteiger partial charge on any atom is 0.164 e. The molecule has 13 rings (SSSR count). The number of thiophene rings is 1. The van der Waals surface area contributed by atoms with Crippen molar-refractivity contribution in [3.63, 3.8) is 0 Å². The van der Waals surface area contributed by atoms with Crippen LogP contribution in [-0.2, 0) is 0 Å². The van der Waals surface area contributed by atoms with Gasteiger partial charge in [-0.3, -0.25) is 0 Å². The first-order valence-corrected chi connectivity index (χ1v) is 21.7. The summed E-state index contributed by atoms with van der Waals surface area (Å²) >= 11 is 1.81. The van der Waals surface area contributed by atoms with Gasteiger partial charge in [-0.15, -0.1) is 11.3 Å². The molecule has 0 saturated carbocycles. The maximum absolute atomic E-state index is 5.39. The summed E-state index contributed by atoms with van der Waals surface area (Å²) in [5, 5.41) is 11.9. The molecular weight excluding hydrogens is 773 g/mol. The van der Waals surface area contributed by atoms with E-state index in [1.165, 1.54) is 52.5 Å². The molecule has 288 valence electrons. The number of fused-ring (bicyclic) bond motifs is 9. The predicted octanol–water partition coefficient (Wildman–Crippen LogP) is 15.5. The van der Waals surface area contributed by atoms with Crippen LogP contribution in [0.3, 0.4) is 0 Å². The Labute approximate surface area is 360 Å². The Hall–Kier alpha value is -7.99. The lowest BCUT2D eigenvalue weighted by Crippen LogP contribution is -2.03. The summed E-state index contributed by atoms with van der Waals surface area (Å²) in [7, 11) is 0. The zero-order valence-electron chi connectivity index (χ0n) is 33.3. The van der Waals surface area contributed by atoms with Crippen LogP contribution in [0.5, 0.6) is 0 Å².